The average molecular weight is 644 g/mol. The van der Waals surface area contributed by atoms with Crippen LogP contribution in [0.25, 0.3) is 0 Å². The zero-order valence-corrected chi connectivity index (χ0v) is 28.3. The zero-order valence-electron chi connectivity index (χ0n) is 28.3. The Morgan fingerprint density at radius 2 is 1.74 bits per heavy atom. The number of aliphatic hydroxyl groups excluding tert-OH is 1. The molecule has 0 aromatic heterocycles. The normalized spacial score (nSPS) is 28.2. The largest absolute Gasteiger partial charge is 0.494 e. The lowest BCUT2D eigenvalue weighted by Gasteiger charge is -2.40. The molecule has 1 N–H and O–H groups in total. The number of amides is 3. The van der Waals surface area contributed by atoms with Crippen LogP contribution < -0.4 is 9.64 Å². The molecule has 7 atom stereocenters. The van der Waals surface area contributed by atoms with Crippen LogP contribution in [0.15, 0.2) is 79.9 Å². The van der Waals surface area contributed by atoms with E-state index in [4.69, 9.17) is 9.47 Å². The summed E-state index contributed by atoms with van der Waals surface area (Å²) >= 11 is 0. The molecule has 3 saturated heterocycles. The van der Waals surface area contributed by atoms with Crippen LogP contribution in [-0.4, -0.2) is 88.3 Å². The van der Waals surface area contributed by atoms with Crippen molar-refractivity contribution in [2.75, 3.05) is 31.2 Å². The topological polar surface area (TPSA) is 99.6 Å². The smallest absolute Gasteiger partial charge is 0.248 e. The number of ether oxygens (including phenoxy) is 2. The van der Waals surface area contributed by atoms with E-state index in [9.17, 15) is 19.5 Å². The van der Waals surface area contributed by atoms with Gasteiger partial charge in [-0.15, -0.1) is 13.2 Å². The van der Waals surface area contributed by atoms with Gasteiger partial charge < -0.3 is 29.3 Å². The van der Waals surface area contributed by atoms with E-state index in [1.165, 1.54) is 0 Å². The van der Waals surface area contributed by atoms with Gasteiger partial charge in [0.05, 0.1) is 36.7 Å². The number of carbonyl (C=O) groups is 3. The van der Waals surface area contributed by atoms with Gasteiger partial charge in [-0.2, -0.15) is 0 Å². The number of nitrogens with zero attached hydrogens (tertiary/aromatic N) is 3. The third-order valence-corrected chi connectivity index (χ3v) is 10.4. The minimum atomic E-state index is -1.25. The summed E-state index contributed by atoms with van der Waals surface area (Å²) in [4.78, 5) is 49.5. The van der Waals surface area contributed by atoms with E-state index in [2.05, 4.69) is 13.2 Å². The lowest BCUT2D eigenvalue weighted by Crippen LogP contribution is -2.60. The van der Waals surface area contributed by atoms with Crippen LogP contribution in [0.3, 0.4) is 0 Å². The number of hydrogen-bond acceptors (Lipinski definition) is 6. The molecule has 9 heteroatoms. The lowest BCUT2D eigenvalue weighted by molar-refractivity contribution is -0.156. The molecular weight excluding hydrogens is 594 g/mol. The molecule has 3 heterocycles. The third kappa shape index (κ3) is 5.78. The molecule has 252 valence electrons. The first-order valence-electron chi connectivity index (χ1n) is 16.7. The maximum absolute atomic E-state index is 15.0. The molecule has 3 amide bonds. The molecule has 3 fully saturated rings. The molecule has 0 saturated carbocycles. The Labute approximate surface area is 278 Å². The van der Waals surface area contributed by atoms with E-state index in [1.54, 1.807) is 26.9 Å². The minimum Gasteiger partial charge on any atom is -0.494 e. The fourth-order valence-electron chi connectivity index (χ4n) is 8.22. The summed E-state index contributed by atoms with van der Waals surface area (Å²) in [6, 6.07) is 15.0. The molecule has 3 unspecified atom stereocenters. The second-order valence-electron chi connectivity index (χ2n) is 13.5. The van der Waals surface area contributed by atoms with Crippen molar-refractivity contribution in [1.29, 1.82) is 0 Å². The molecule has 1 spiro atoms. The van der Waals surface area contributed by atoms with Crippen LogP contribution in [0.5, 0.6) is 5.75 Å². The molecule has 0 aliphatic carbocycles. The molecule has 2 aromatic rings. The Balaban J connectivity index is 1.63. The van der Waals surface area contributed by atoms with Gasteiger partial charge in [-0.3, -0.25) is 14.4 Å². The van der Waals surface area contributed by atoms with E-state index < -0.39 is 35.1 Å². The van der Waals surface area contributed by atoms with E-state index in [0.29, 0.717) is 30.9 Å². The van der Waals surface area contributed by atoms with Gasteiger partial charge in [0.1, 0.15) is 17.4 Å². The van der Waals surface area contributed by atoms with Crippen LogP contribution in [0, 0.1) is 17.8 Å². The SMILES string of the molecule is C=CCN(C(=O)[C@H]1[C@H]2C(=O)N([C@@H](CO)Cc3ccccc3)C(C(=O)N(CC=C)C(C)C)C23CC(C)[C@]1(C)O3)c1ccc(OCC)cc1. The van der Waals surface area contributed by atoms with Crippen molar-refractivity contribution in [2.45, 2.75) is 76.8 Å². The fraction of sp³-hybridized carbons (Fsp3) is 0.500. The van der Waals surface area contributed by atoms with Crippen molar-refractivity contribution >= 4 is 23.4 Å². The summed E-state index contributed by atoms with van der Waals surface area (Å²) in [5.41, 5.74) is -0.671. The quantitative estimate of drug-likeness (QED) is 0.301. The van der Waals surface area contributed by atoms with Crippen LogP contribution >= 0.6 is 0 Å². The van der Waals surface area contributed by atoms with Gasteiger partial charge in [0, 0.05) is 24.8 Å². The maximum atomic E-state index is 15.0. The monoisotopic (exact) mass is 643 g/mol. The van der Waals surface area contributed by atoms with Crippen molar-refractivity contribution in [3.8, 4) is 5.75 Å². The number of fused-ring (bicyclic) bond motifs is 1. The molecule has 3 aliphatic heterocycles. The molecule has 9 nitrogen and oxygen atoms in total. The molecule has 0 radical (unpaired) electrons. The van der Waals surface area contributed by atoms with Crippen LogP contribution in [0.4, 0.5) is 5.69 Å². The van der Waals surface area contributed by atoms with E-state index in [1.807, 2.05) is 89.2 Å². The number of carbonyl (C=O) groups excluding carboxylic acids is 3. The standard InChI is InChI=1S/C38H49N3O6/c1-8-20-39(25(4)5)36(45)33-38-23-26(6)37(7,47-38)31(34(43)40(21-9-2)28-16-18-30(19-17-28)46-10-3)32(38)35(44)41(33)29(24-42)22-27-14-12-11-13-15-27/h8-9,11-19,25-26,29,31-33,42H,1-2,10,20-24H2,3-7H3/t26?,29-,31-,32+,33?,37+,38?/m1/s1. The second-order valence-corrected chi connectivity index (χ2v) is 13.5. The van der Waals surface area contributed by atoms with Gasteiger partial charge >= 0.3 is 0 Å². The molecule has 3 aliphatic rings. The fourth-order valence-corrected chi connectivity index (χ4v) is 8.22. The first-order valence-corrected chi connectivity index (χ1v) is 16.7. The Kier molecular flexibility index (Phi) is 9.99. The predicted octanol–water partition coefficient (Wildman–Crippen LogP) is 4.64. The van der Waals surface area contributed by atoms with Gasteiger partial charge in [-0.05, 0) is 76.3 Å². The van der Waals surface area contributed by atoms with Gasteiger partial charge in [0.25, 0.3) is 0 Å². The first-order chi connectivity index (χ1) is 22.5. The second kappa shape index (κ2) is 13.6. The van der Waals surface area contributed by atoms with Gasteiger partial charge in [0.2, 0.25) is 17.7 Å². The molecule has 2 aromatic carbocycles. The van der Waals surface area contributed by atoms with E-state index in [-0.39, 0.29) is 49.4 Å². The number of aliphatic hydroxyl groups is 1. The highest BCUT2D eigenvalue weighted by Crippen LogP contribution is 2.66. The van der Waals surface area contributed by atoms with Crippen molar-refractivity contribution in [3.05, 3.63) is 85.5 Å². The predicted molar refractivity (Wildman–Crippen MR) is 182 cm³/mol. The van der Waals surface area contributed by atoms with E-state index >= 15 is 0 Å². The summed E-state index contributed by atoms with van der Waals surface area (Å²) in [6.07, 6.45) is 4.12. The summed E-state index contributed by atoms with van der Waals surface area (Å²) in [5.74, 6) is -2.07. The first kappa shape index (κ1) is 34.4. The van der Waals surface area contributed by atoms with Crippen LogP contribution in [-0.2, 0) is 25.5 Å². The van der Waals surface area contributed by atoms with Gasteiger partial charge in [-0.25, -0.2) is 0 Å². The Morgan fingerprint density at radius 3 is 2.32 bits per heavy atom. The Bertz CT molecular complexity index is 1480. The van der Waals surface area contributed by atoms with Crippen molar-refractivity contribution in [1.82, 2.24) is 9.80 Å². The molecule has 47 heavy (non-hydrogen) atoms. The molecule has 2 bridgehead atoms. The number of benzene rings is 2. The highest BCUT2D eigenvalue weighted by atomic mass is 16.5. The summed E-state index contributed by atoms with van der Waals surface area (Å²) in [7, 11) is 0. The summed E-state index contributed by atoms with van der Waals surface area (Å²) in [5, 5.41) is 10.8. The number of rotatable bonds is 14. The van der Waals surface area contributed by atoms with Crippen LogP contribution in [0.1, 0.15) is 46.6 Å². The maximum Gasteiger partial charge on any atom is 0.248 e. The zero-order chi connectivity index (χ0) is 34.1. The average Bonchev–Trinajstić information content (AvgIpc) is 3.58. The van der Waals surface area contributed by atoms with E-state index in [0.717, 1.165) is 5.56 Å². The van der Waals surface area contributed by atoms with Crippen molar-refractivity contribution < 1.29 is 29.0 Å². The van der Waals surface area contributed by atoms with Gasteiger partial charge in [-0.1, -0.05) is 49.4 Å². The highest BCUT2D eigenvalue weighted by Gasteiger charge is 2.80. The highest BCUT2D eigenvalue weighted by molar-refractivity contribution is 6.03. The van der Waals surface area contributed by atoms with Gasteiger partial charge in [0.15, 0.2) is 0 Å². The van der Waals surface area contributed by atoms with Crippen LogP contribution in [0.2, 0.25) is 0 Å². The number of likely N-dealkylation sites (tertiary alicyclic amines) is 1. The summed E-state index contributed by atoms with van der Waals surface area (Å²) in [6.45, 7) is 18.2. The van der Waals surface area contributed by atoms with Crippen molar-refractivity contribution in [3.63, 3.8) is 0 Å². The number of hydrogen-bond donors (Lipinski definition) is 1. The number of anilines is 1. The minimum absolute atomic E-state index is 0.129. The molecular formula is C38H49N3O6. The lowest BCUT2D eigenvalue weighted by atomic mass is 9.62. The molecule has 5 rings (SSSR count). The summed E-state index contributed by atoms with van der Waals surface area (Å²) < 4.78 is 12.6. The third-order valence-electron chi connectivity index (χ3n) is 10.4. The van der Waals surface area contributed by atoms with Crippen molar-refractivity contribution in [2.24, 2.45) is 17.8 Å². The Hall–Kier alpha value is -3.95. The Morgan fingerprint density at radius 1 is 1.09 bits per heavy atom.